The molecule has 0 aliphatic heterocycles. The Kier molecular flexibility index (Phi) is 14.3. The number of hydrogen-bond donors (Lipinski definition) is 0. The summed E-state index contributed by atoms with van der Waals surface area (Å²) in [6.07, 6.45) is 3.27. The average Bonchev–Trinajstić information content (AvgIpc) is 1.41. The van der Waals surface area contributed by atoms with E-state index in [1.54, 1.807) is 6.29 Å². The van der Waals surface area contributed by atoms with Gasteiger partial charge >= 0.3 is 0 Å². The first-order valence-corrected chi connectivity index (χ1v) is 1.76. The average molecular weight is 136 g/mol. The van der Waals surface area contributed by atoms with Crippen molar-refractivity contribution >= 4 is 6.29 Å². The summed E-state index contributed by atoms with van der Waals surface area (Å²) in [5, 5.41) is 0. The summed E-state index contributed by atoms with van der Waals surface area (Å²) in [6, 6.07) is 0. The third-order valence-corrected chi connectivity index (χ3v) is 0.352. The van der Waals surface area contributed by atoms with E-state index in [1.165, 1.54) is 0 Å². The molecule has 32 valence electrons. The van der Waals surface area contributed by atoms with Crippen molar-refractivity contribution in [1.82, 2.24) is 0 Å². The number of carbonyl (C=O) groups excluding carboxylic acids is 1. The van der Waals surface area contributed by atoms with Gasteiger partial charge in [-0.2, -0.15) is 6.42 Å². The smallest absolute Gasteiger partial charge is 0 e. The minimum atomic E-state index is 0. The van der Waals surface area contributed by atoms with Gasteiger partial charge in [0.2, 0.25) is 0 Å². The second-order valence-electron chi connectivity index (χ2n) is 0.894. The SMILES string of the molecule is CCC[C-]=O.[Zn]. The number of hydrogen-bond acceptors (Lipinski definition) is 1. The van der Waals surface area contributed by atoms with Crippen LogP contribution in [0.2, 0.25) is 0 Å². The van der Waals surface area contributed by atoms with Gasteiger partial charge in [0, 0.05) is 19.5 Å². The molecule has 0 rings (SSSR count). The maximum Gasteiger partial charge on any atom is 0 e. The van der Waals surface area contributed by atoms with Crippen LogP contribution in [0.5, 0.6) is 0 Å². The largest absolute Gasteiger partial charge is 0.542 e. The molecule has 0 spiro atoms. The first kappa shape index (κ1) is 9.57. The van der Waals surface area contributed by atoms with Crippen molar-refractivity contribution in [3.63, 3.8) is 0 Å². The molecule has 0 aromatic rings. The van der Waals surface area contributed by atoms with Crippen molar-refractivity contribution in [2.75, 3.05) is 0 Å². The molecule has 0 unspecified atom stereocenters. The predicted molar refractivity (Wildman–Crippen MR) is 20.6 cm³/mol. The van der Waals surface area contributed by atoms with Crippen molar-refractivity contribution in [2.45, 2.75) is 19.8 Å². The predicted octanol–water partition coefficient (Wildman–Crippen LogP) is 0.894. The third-order valence-electron chi connectivity index (χ3n) is 0.352. The van der Waals surface area contributed by atoms with Gasteiger partial charge in [0.15, 0.2) is 0 Å². The van der Waals surface area contributed by atoms with Gasteiger partial charge < -0.3 is 4.79 Å². The molecule has 1 nitrogen and oxygen atoms in total. The summed E-state index contributed by atoms with van der Waals surface area (Å²) in [5.74, 6) is 0. The monoisotopic (exact) mass is 135 g/mol. The van der Waals surface area contributed by atoms with Crippen molar-refractivity contribution < 1.29 is 24.3 Å². The van der Waals surface area contributed by atoms with E-state index < -0.39 is 0 Å². The molecule has 0 aromatic carbocycles. The molecular formula is C4H7OZn-. The van der Waals surface area contributed by atoms with Crippen molar-refractivity contribution in [2.24, 2.45) is 0 Å². The summed E-state index contributed by atoms with van der Waals surface area (Å²) in [5.41, 5.74) is 0. The summed E-state index contributed by atoms with van der Waals surface area (Å²) in [6.45, 7) is 1.95. The Morgan fingerprint density at radius 3 is 2.17 bits per heavy atom. The van der Waals surface area contributed by atoms with Crippen LogP contribution in [0.15, 0.2) is 0 Å². The van der Waals surface area contributed by atoms with Crippen molar-refractivity contribution in [3.05, 3.63) is 0 Å². The van der Waals surface area contributed by atoms with E-state index in [1.807, 2.05) is 6.92 Å². The van der Waals surface area contributed by atoms with Gasteiger partial charge in [0.25, 0.3) is 0 Å². The Labute approximate surface area is 50.9 Å². The minimum absolute atomic E-state index is 0. The zero-order valence-electron chi connectivity index (χ0n) is 4.03. The van der Waals surface area contributed by atoms with E-state index in [0.717, 1.165) is 6.42 Å². The maximum absolute atomic E-state index is 9.28. The zero-order chi connectivity index (χ0) is 4.12. The van der Waals surface area contributed by atoms with E-state index in [-0.39, 0.29) is 19.5 Å². The number of unbranched alkanes of at least 4 members (excludes halogenated alkanes) is 1. The van der Waals surface area contributed by atoms with E-state index in [0.29, 0.717) is 6.42 Å². The molecular weight excluding hydrogens is 129 g/mol. The van der Waals surface area contributed by atoms with Gasteiger partial charge in [-0.25, -0.2) is 0 Å². The molecule has 0 radical (unpaired) electrons. The third kappa shape index (κ3) is 8.85. The first-order chi connectivity index (χ1) is 2.41. The topological polar surface area (TPSA) is 17.1 Å². The Bertz CT molecular complexity index is 28.7. The minimum Gasteiger partial charge on any atom is -0.542 e. The molecule has 0 bridgehead atoms. The van der Waals surface area contributed by atoms with Gasteiger partial charge in [-0.05, 0) is 0 Å². The molecule has 0 aliphatic rings. The Hall–Kier alpha value is 0.293. The first-order valence-electron chi connectivity index (χ1n) is 1.76. The van der Waals surface area contributed by atoms with Crippen LogP contribution < -0.4 is 0 Å². The van der Waals surface area contributed by atoms with Crippen LogP contribution in [-0.4, -0.2) is 6.29 Å². The van der Waals surface area contributed by atoms with Crippen molar-refractivity contribution in [1.29, 1.82) is 0 Å². The fourth-order valence-electron chi connectivity index (χ4n) is 0.102. The maximum atomic E-state index is 9.28. The molecule has 0 aromatic heterocycles. The molecule has 0 atom stereocenters. The second kappa shape index (κ2) is 9.00. The van der Waals surface area contributed by atoms with E-state index >= 15 is 0 Å². The fourth-order valence-corrected chi connectivity index (χ4v) is 0.102. The molecule has 0 amide bonds. The van der Waals surface area contributed by atoms with Crippen LogP contribution in [0.1, 0.15) is 19.8 Å². The van der Waals surface area contributed by atoms with E-state index in [9.17, 15) is 4.79 Å². The normalized spacial score (nSPS) is 6.17. The van der Waals surface area contributed by atoms with Crippen LogP contribution in [0.4, 0.5) is 0 Å². The molecule has 0 N–H and O–H groups in total. The van der Waals surface area contributed by atoms with Gasteiger partial charge in [0.1, 0.15) is 0 Å². The molecule has 0 aliphatic carbocycles. The Balaban J connectivity index is 0. The summed E-state index contributed by atoms with van der Waals surface area (Å²) in [7, 11) is 0. The summed E-state index contributed by atoms with van der Waals surface area (Å²) >= 11 is 0. The van der Waals surface area contributed by atoms with Gasteiger partial charge in [-0.3, -0.25) is 6.29 Å². The van der Waals surface area contributed by atoms with Crippen LogP contribution in [-0.2, 0) is 24.3 Å². The van der Waals surface area contributed by atoms with Crippen LogP contribution in [0, 0.1) is 0 Å². The van der Waals surface area contributed by atoms with Gasteiger partial charge in [-0.1, -0.05) is 13.3 Å². The Morgan fingerprint density at radius 2 is 2.17 bits per heavy atom. The Morgan fingerprint density at radius 1 is 1.67 bits per heavy atom. The van der Waals surface area contributed by atoms with Crippen LogP contribution >= 0.6 is 0 Å². The van der Waals surface area contributed by atoms with Gasteiger partial charge in [-0.15, -0.1) is 0 Å². The molecule has 0 saturated carbocycles. The van der Waals surface area contributed by atoms with Crippen molar-refractivity contribution in [3.8, 4) is 0 Å². The summed E-state index contributed by atoms with van der Waals surface area (Å²) < 4.78 is 0. The fraction of sp³-hybridized carbons (Fsp3) is 0.750. The summed E-state index contributed by atoms with van der Waals surface area (Å²) in [4.78, 5) is 9.28. The van der Waals surface area contributed by atoms with Crippen LogP contribution in [0.3, 0.4) is 0 Å². The zero-order valence-corrected chi connectivity index (χ0v) is 7.00. The molecule has 0 heterocycles. The van der Waals surface area contributed by atoms with E-state index in [4.69, 9.17) is 0 Å². The second-order valence-corrected chi connectivity index (χ2v) is 0.894. The standard InChI is InChI=1S/C4H7O.Zn/c1-2-3-4-5;/h2-3H2,1H3;/q-1;. The number of rotatable bonds is 2. The molecule has 0 saturated heterocycles. The molecule has 6 heavy (non-hydrogen) atoms. The molecule has 2 heteroatoms. The van der Waals surface area contributed by atoms with Gasteiger partial charge in [0.05, 0.1) is 0 Å². The molecule has 0 fully saturated rings. The van der Waals surface area contributed by atoms with E-state index in [2.05, 4.69) is 0 Å². The quantitative estimate of drug-likeness (QED) is 0.407. The van der Waals surface area contributed by atoms with Crippen LogP contribution in [0.25, 0.3) is 0 Å².